The Morgan fingerprint density at radius 3 is 2.06 bits per heavy atom. The van der Waals surface area contributed by atoms with Crippen molar-refractivity contribution in [1.29, 1.82) is 0 Å². The highest BCUT2D eigenvalue weighted by molar-refractivity contribution is 5.01. The fourth-order valence-corrected chi connectivity index (χ4v) is 5.19. The Balaban J connectivity index is 1.67. The zero-order chi connectivity index (χ0) is 12.7. The summed E-state index contributed by atoms with van der Waals surface area (Å²) in [5.74, 6) is 10.5. The maximum atomic E-state index is 5.81. The highest BCUT2D eigenvalue weighted by atomic mass is 16.5. The van der Waals surface area contributed by atoms with Crippen LogP contribution >= 0.6 is 0 Å². The molecule has 0 spiro atoms. The van der Waals surface area contributed by atoms with E-state index in [4.69, 9.17) is 10.6 Å². The van der Waals surface area contributed by atoms with Crippen molar-refractivity contribution in [3.8, 4) is 0 Å². The van der Waals surface area contributed by atoms with Gasteiger partial charge >= 0.3 is 0 Å². The average Bonchev–Trinajstić information content (AvgIpc) is 2.31. The predicted octanol–water partition coefficient (Wildman–Crippen LogP) is 2.32. The molecule has 0 saturated heterocycles. The van der Waals surface area contributed by atoms with Gasteiger partial charge in [-0.1, -0.05) is 0 Å². The Bertz CT molecular complexity index is 264. The van der Waals surface area contributed by atoms with Crippen LogP contribution in [0.25, 0.3) is 0 Å². The van der Waals surface area contributed by atoms with Crippen molar-refractivity contribution in [2.24, 2.45) is 35.4 Å². The molecule has 4 aliphatic carbocycles. The van der Waals surface area contributed by atoms with Gasteiger partial charge in [-0.05, 0) is 75.5 Å². The van der Waals surface area contributed by atoms with Crippen LogP contribution in [-0.2, 0) is 4.74 Å². The molecule has 1 unspecified atom stereocenters. The molecule has 3 nitrogen and oxygen atoms in total. The summed E-state index contributed by atoms with van der Waals surface area (Å²) in [5.41, 5.74) is 3.06. The van der Waals surface area contributed by atoms with Gasteiger partial charge in [0, 0.05) is 6.04 Å². The second-order valence-electron chi connectivity index (χ2n) is 7.16. The van der Waals surface area contributed by atoms with Crippen LogP contribution in [-0.4, -0.2) is 18.8 Å². The SMILES string of the molecule is CC(C)OCC(NN)C1C2CC3CC(C2)CC1C3. The molecular formula is C15H28N2O. The molecule has 4 fully saturated rings. The van der Waals surface area contributed by atoms with Crippen molar-refractivity contribution >= 4 is 0 Å². The van der Waals surface area contributed by atoms with Crippen LogP contribution in [0.15, 0.2) is 0 Å². The molecule has 3 N–H and O–H groups in total. The molecule has 0 aliphatic heterocycles. The van der Waals surface area contributed by atoms with Crippen molar-refractivity contribution in [3.05, 3.63) is 0 Å². The van der Waals surface area contributed by atoms with Crippen LogP contribution < -0.4 is 11.3 Å². The van der Waals surface area contributed by atoms with Crippen LogP contribution in [0, 0.1) is 29.6 Å². The smallest absolute Gasteiger partial charge is 0.0639 e. The van der Waals surface area contributed by atoms with E-state index in [2.05, 4.69) is 19.3 Å². The number of hydrogen-bond donors (Lipinski definition) is 2. The third-order valence-electron chi connectivity index (χ3n) is 5.59. The third-order valence-corrected chi connectivity index (χ3v) is 5.59. The number of hydrogen-bond acceptors (Lipinski definition) is 3. The fraction of sp³-hybridized carbons (Fsp3) is 1.00. The Morgan fingerprint density at radius 2 is 1.61 bits per heavy atom. The van der Waals surface area contributed by atoms with Crippen molar-refractivity contribution < 1.29 is 4.74 Å². The lowest BCUT2D eigenvalue weighted by Crippen LogP contribution is -2.56. The molecule has 4 aliphatic rings. The Hall–Kier alpha value is -0.120. The number of nitrogens with one attached hydrogen (secondary N) is 1. The minimum atomic E-state index is 0.303. The normalized spacial score (nSPS) is 43.7. The summed E-state index contributed by atoms with van der Waals surface area (Å²) in [6.45, 7) is 4.98. The molecule has 18 heavy (non-hydrogen) atoms. The number of ether oxygens (including phenoxy) is 1. The number of nitrogens with two attached hydrogens (primary N) is 1. The van der Waals surface area contributed by atoms with Gasteiger partial charge in [-0.15, -0.1) is 0 Å². The molecule has 1 atom stereocenters. The highest BCUT2D eigenvalue weighted by Crippen LogP contribution is 2.57. The first-order valence-electron chi connectivity index (χ1n) is 7.75. The summed E-state index contributed by atoms with van der Waals surface area (Å²) in [6, 6.07) is 0.363. The van der Waals surface area contributed by atoms with E-state index in [1.165, 1.54) is 32.1 Å². The van der Waals surface area contributed by atoms with E-state index in [0.717, 1.165) is 36.2 Å². The topological polar surface area (TPSA) is 47.3 Å². The Morgan fingerprint density at radius 1 is 1.06 bits per heavy atom. The van der Waals surface area contributed by atoms with Crippen molar-refractivity contribution in [3.63, 3.8) is 0 Å². The van der Waals surface area contributed by atoms with Crippen LogP contribution in [0.2, 0.25) is 0 Å². The lowest BCUT2D eigenvalue weighted by Gasteiger charge is -2.56. The summed E-state index contributed by atoms with van der Waals surface area (Å²) < 4.78 is 5.81. The minimum Gasteiger partial charge on any atom is -0.377 e. The van der Waals surface area contributed by atoms with Gasteiger partial charge in [-0.25, -0.2) is 0 Å². The van der Waals surface area contributed by atoms with Crippen LogP contribution in [0.4, 0.5) is 0 Å². The Labute approximate surface area is 111 Å². The van der Waals surface area contributed by atoms with Crippen LogP contribution in [0.3, 0.4) is 0 Å². The second-order valence-corrected chi connectivity index (χ2v) is 7.16. The standard InChI is InChI=1S/C15H28N2O/c1-9(2)18-8-14(17-16)15-12-4-10-3-11(6-12)7-13(15)5-10/h9-15,17H,3-8,16H2,1-2H3. The summed E-state index contributed by atoms with van der Waals surface area (Å²) in [7, 11) is 0. The van der Waals surface area contributed by atoms with E-state index < -0.39 is 0 Å². The minimum absolute atomic E-state index is 0.303. The molecular weight excluding hydrogens is 224 g/mol. The van der Waals surface area contributed by atoms with E-state index in [1.807, 2.05) is 0 Å². The quantitative estimate of drug-likeness (QED) is 0.583. The maximum absolute atomic E-state index is 5.81. The molecule has 0 aromatic rings. The molecule has 4 saturated carbocycles. The lowest BCUT2D eigenvalue weighted by molar-refractivity contribution is -0.0695. The van der Waals surface area contributed by atoms with Crippen molar-refractivity contribution in [2.45, 2.75) is 58.1 Å². The molecule has 104 valence electrons. The van der Waals surface area contributed by atoms with Crippen LogP contribution in [0.1, 0.15) is 46.0 Å². The second kappa shape index (κ2) is 5.10. The first kappa shape index (κ1) is 12.9. The molecule has 0 amide bonds. The average molecular weight is 252 g/mol. The van der Waals surface area contributed by atoms with Gasteiger partial charge in [-0.3, -0.25) is 11.3 Å². The third kappa shape index (κ3) is 2.33. The number of rotatable bonds is 5. The largest absolute Gasteiger partial charge is 0.377 e. The summed E-state index contributed by atoms with van der Waals surface area (Å²) in [4.78, 5) is 0. The van der Waals surface area contributed by atoms with Crippen molar-refractivity contribution in [1.82, 2.24) is 5.43 Å². The van der Waals surface area contributed by atoms with Gasteiger partial charge in [0.15, 0.2) is 0 Å². The zero-order valence-corrected chi connectivity index (χ0v) is 11.8. The van der Waals surface area contributed by atoms with E-state index in [1.54, 1.807) is 0 Å². The van der Waals surface area contributed by atoms with Gasteiger partial charge in [0.2, 0.25) is 0 Å². The highest BCUT2D eigenvalue weighted by Gasteiger charge is 2.50. The van der Waals surface area contributed by atoms with E-state index in [9.17, 15) is 0 Å². The number of hydrazine groups is 1. The van der Waals surface area contributed by atoms with Crippen LogP contribution in [0.5, 0.6) is 0 Å². The molecule has 0 aromatic carbocycles. The molecule has 0 aromatic heterocycles. The first-order valence-corrected chi connectivity index (χ1v) is 7.75. The van der Waals surface area contributed by atoms with E-state index in [-0.39, 0.29) is 0 Å². The molecule has 0 heterocycles. The Kier molecular flexibility index (Phi) is 3.65. The predicted molar refractivity (Wildman–Crippen MR) is 72.7 cm³/mol. The van der Waals surface area contributed by atoms with Gasteiger partial charge in [0.05, 0.1) is 12.7 Å². The van der Waals surface area contributed by atoms with E-state index in [0.29, 0.717) is 12.1 Å². The fourth-order valence-electron chi connectivity index (χ4n) is 5.19. The van der Waals surface area contributed by atoms with Gasteiger partial charge < -0.3 is 4.74 Å². The molecule has 4 bridgehead atoms. The summed E-state index contributed by atoms with van der Waals surface area (Å²) in [6.07, 6.45) is 7.64. The maximum Gasteiger partial charge on any atom is 0.0639 e. The zero-order valence-electron chi connectivity index (χ0n) is 11.8. The van der Waals surface area contributed by atoms with Crippen molar-refractivity contribution in [2.75, 3.05) is 6.61 Å². The monoisotopic (exact) mass is 252 g/mol. The molecule has 0 radical (unpaired) electrons. The van der Waals surface area contributed by atoms with Gasteiger partial charge in [0.1, 0.15) is 0 Å². The summed E-state index contributed by atoms with van der Waals surface area (Å²) >= 11 is 0. The molecule has 3 heteroatoms. The summed E-state index contributed by atoms with van der Waals surface area (Å²) in [5, 5.41) is 0. The van der Waals surface area contributed by atoms with Gasteiger partial charge in [-0.2, -0.15) is 0 Å². The first-order chi connectivity index (χ1) is 8.67. The lowest BCUT2D eigenvalue weighted by atomic mass is 9.50. The van der Waals surface area contributed by atoms with E-state index >= 15 is 0 Å². The van der Waals surface area contributed by atoms with Gasteiger partial charge in [0.25, 0.3) is 0 Å². The molecule has 4 rings (SSSR count).